The molecule has 0 aromatic heterocycles. The maximum atomic E-state index is 14.5. The summed E-state index contributed by atoms with van der Waals surface area (Å²) in [5.74, 6) is -0.468. The lowest BCUT2D eigenvalue weighted by atomic mass is 9.87. The van der Waals surface area contributed by atoms with Gasteiger partial charge in [-0.25, -0.2) is 4.39 Å². The van der Waals surface area contributed by atoms with Gasteiger partial charge in [0.05, 0.1) is 0 Å². The molecule has 5 heteroatoms. The smallest absolute Gasteiger partial charge is 0.406 e. The highest BCUT2D eigenvalue weighted by molar-refractivity contribution is 5.71. The van der Waals surface area contributed by atoms with Crippen LogP contribution in [0.5, 0.6) is 5.75 Å². The first kappa shape index (κ1) is 18.5. The van der Waals surface area contributed by atoms with Gasteiger partial charge in [-0.3, -0.25) is 0 Å². The molecule has 1 nitrogen and oxygen atoms in total. The number of allylic oxidation sites excluding steroid dienone is 2. The maximum absolute atomic E-state index is 14.5. The standard InChI is InChI=1S/C21H20F4O/c1-2-3-4-14-5-10-19(20(22)11-14)17-7-6-16-13-18(26-21(23,24)25)9-8-15(16)12-17/h5,7-11,13H,2-4,6,12H2,1H3. The number of benzene rings is 2. The molecule has 0 unspecified atom stereocenters. The Bertz CT molecular complexity index is 821. The van der Waals surface area contributed by atoms with Gasteiger partial charge in [0.15, 0.2) is 0 Å². The van der Waals surface area contributed by atoms with Gasteiger partial charge in [-0.05, 0) is 66.1 Å². The van der Waals surface area contributed by atoms with Crippen LogP contribution in [-0.2, 0) is 19.3 Å². The highest BCUT2D eigenvalue weighted by Crippen LogP contribution is 2.33. The number of halogens is 4. The Morgan fingerprint density at radius 1 is 1.04 bits per heavy atom. The van der Waals surface area contributed by atoms with Gasteiger partial charge < -0.3 is 4.74 Å². The molecule has 138 valence electrons. The molecule has 2 aromatic rings. The molecule has 0 saturated heterocycles. The van der Waals surface area contributed by atoms with Crippen molar-refractivity contribution in [3.8, 4) is 5.75 Å². The van der Waals surface area contributed by atoms with E-state index in [1.54, 1.807) is 18.2 Å². The van der Waals surface area contributed by atoms with Crippen molar-refractivity contribution in [1.82, 2.24) is 0 Å². The molecule has 0 aliphatic heterocycles. The Balaban J connectivity index is 1.78. The number of fused-ring (bicyclic) bond motifs is 1. The normalized spacial score (nSPS) is 14.0. The lowest BCUT2D eigenvalue weighted by Gasteiger charge is -2.19. The molecule has 0 bridgehead atoms. The van der Waals surface area contributed by atoms with E-state index in [2.05, 4.69) is 11.7 Å². The zero-order valence-corrected chi connectivity index (χ0v) is 14.5. The van der Waals surface area contributed by atoms with Crippen LogP contribution in [0.3, 0.4) is 0 Å². The third-order valence-electron chi connectivity index (χ3n) is 4.56. The zero-order chi connectivity index (χ0) is 18.7. The first-order valence-electron chi connectivity index (χ1n) is 8.71. The second kappa shape index (κ2) is 7.52. The molecule has 0 fully saturated rings. The van der Waals surface area contributed by atoms with E-state index in [9.17, 15) is 17.6 Å². The van der Waals surface area contributed by atoms with Crippen LogP contribution in [0.1, 0.15) is 42.0 Å². The van der Waals surface area contributed by atoms with Gasteiger partial charge in [-0.2, -0.15) is 0 Å². The van der Waals surface area contributed by atoms with Gasteiger partial charge in [0.25, 0.3) is 0 Å². The summed E-state index contributed by atoms with van der Waals surface area (Å²) in [5, 5.41) is 0. The van der Waals surface area contributed by atoms with Crippen molar-refractivity contribution in [1.29, 1.82) is 0 Å². The second-order valence-corrected chi connectivity index (χ2v) is 6.51. The van der Waals surface area contributed by atoms with Crippen LogP contribution in [0.25, 0.3) is 5.57 Å². The molecule has 3 rings (SSSR count). The summed E-state index contributed by atoms with van der Waals surface area (Å²) < 4.78 is 55.5. The van der Waals surface area contributed by atoms with Gasteiger partial charge in [0.1, 0.15) is 11.6 Å². The molecular formula is C21H20F4O. The van der Waals surface area contributed by atoms with Crippen molar-refractivity contribution < 1.29 is 22.3 Å². The summed E-state index contributed by atoms with van der Waals surface area (Å²) in [6, 6.07) is 9.67. The van der Waals surface area contributed by atoms with E-state index in [-0.39, 0.29) is 11.6 Å². The molecule has 2 aromatic carbocycles. The van der Waals surface area contributed by atoms with E-state index in [4.69, 9.17) is 0 Å². The summed E-state index contributed by atoms with van der Waals surface area (Å²) in [6.45, 7) is 2.10. The molecule has 0 N–H and O–H groups in total. The van der Waals surface area contributed by atoms with E-state index in [0.717, 1.165) is 41.5 Å². The number of hydrogen-bond donors (Lipinski definition) is 0. The predicted molar refractivity (Wildman–Crippen MR) is 93.5 cm³/mol. The largest absolute Gasteiger partial charge is 0.573 e. The van der Waals surface area contributed by atoms with Crippen molar-refractivity contribution >= 4 is 5.57 Å². The lowest BCUT2D eigenvalue weighted by Crippen LogP contribution is -2.17. The summed E-state index contributed by atoms with van der Waals surface area (Å²) in [6.07, 6.45) is 1.07. The van der Waals surface area contributed by atoms with Gasteiger partial charge >= 0.3 is 6.36 Å². The number of alkyl halides is 3. The minimum absolute atomic E-state index is 0.223. The third-order valence-corrected chi connectivity index (χ3v) is 4.56. The zero-order valence-electron chi connectivity index (χ0n) is 14.5. The number of rotatable bonds is 5. The van der Waals surface area contributed by atoms with E-state index < -0.39 is 6.36 Å². The number of unbranched alkanes of at least 4 members (excludes halogenated alkanes) is 1. The van der Waals surface area contributed by atoms with E-state index in [0.29, 0.717) is 18.4 Å². The minimum Gasteiger partial charge on any atom is -0.406 e. The number of hydrogen-bond acceptors (Lipinski definition) is 1. The number of ether oxygens (including phenoxy) is 1. The lowest BCUT2D eigenvalue weighted by molar-refractivity contribution is -0.274. The summed E-state index contributed by atoms with van der Waals surface area (Å²) in [7, 11) is 0. The summed E-state index contributed by atoms with van der Waals surface area (Å²) >= 11 is 0. The van der Waals surface area contributed by atoms with Crippen molar-refractivity contribution in [2.24, 2.45) is 0 Å². The molecule has 0 radical (unpaired) electrons. The van der Waals surface area contributed by atoms with Crippen molar-refractivity contribution in [3.05, 3.63) is 70.5 Å². The van der Waals surface area contributed by atoms with Gasteiger partial charge in [-0.15, -0.1) is 13.2 Å². The Morgan fingerprint density at radius 2 is 1.85 bits per heavy atom. The molecule has 0 spiro atoms. The van der Waals surface area contributed by atoms with Crippen molar-refractivity contribution in [3.63, 3.8) is 0 Å². The van der Waals surface area contributed by atoms with Gasteiger partial charge in [0, 0.05) is 5.56 Å². The average Bonchev–Trinajstić information content (AvgIpc) is 2.58. The van der Waals surface area contributed by atoms with Gasteiger partial charge in [0.2, 0.25) is 0 Å². The Kier molecular flexibility index (Phi) is 5.35. The Hall–Kier alpha value is -2.30. The maximum Gasteiger partial charge on any atom is 0.573 e. The van der Waals surface area contributed by atoms with Crippen LogP contribution >= 0.6 is 0 Å². The van der Waals surface area contributed by atoms with E-state index in [1.807, 2.05) is 12.1 Å². The van der Waals surface area contributed by atoms with Crippen LogP contribution in [0.4, 0.5) is 17.6 Å². The number of aryl methyl sites for hydroxylation is 1. The molecular weight excluding hydrogens is 344 g/mol. The fourth-order valence-corrected chi connectivity index (χ4v) is 3.23. The molecule has 0 heterocycles. The van der Waals surface area contributed by atoms with E-state index in [1.165, 1.54) is 12.1 Å². The predicted octanol–water partition coefficient (Wildman–Crippen LogP) is 6.25. The van der Waals surface area contributed by atoms with E-state index >= 15 is 0 Å². The van der Waals surface area contributed by atoms with Crippen LogP contribution < -0.4 is 4.74 Å². The van der Waals surface area contributed by atoms with Crippen molar-refractivity contribution in [2.45, 2.75) is 45.4 Å². The summed E-state index contributed by atoms with van der Waals surface area (Å²) in [4.78, 5) is 0. The SMILES string of the molecule is CCCCc1ccc(C2=CCc3cc(OC(F)(F)F)ccc3C2)c(F)c1. The summed E-state index contributed by atoms with van der Waals surface area (Å²) in [5.41, 5.74) is 4.08. The minimum atomic E-state index is -4.70. The second-order valence-electron chi connectivity index (χ2n) is 6.51. The Labute approximate surface area is 150 Å². The molecule has 1 aliphatic carbocycles. The molecule has 26 heavy (non-hydrogen) atoms. The third kappa shape index (κ3) is 4.45. The Morgan fingerprint density at radius 3 is 2.54 bits per heavy atom. The highest BCUT2D eigenvalue weighted by Gasteiger charge is 2.31. The fourth-order valence-electron chi connectivity index (χ4n) is 3.23. The molecule has 0 amide bonds. The quantitative estimate of drug-likeness (QED) is 0.570. The first-order valence-corrected chi connectivity index (χ1v) is 8.71. The van der Waals surface area contributed by atoms with Crippen LogP contribution in [0.2, 0.25) is 0 Å². The van der Waals surface area contributed by atoms with Crippen LogP contribution in [0, 0.1) is 5.82 Å². The molecule has 0 atom stereocenters. The monoisotopic (exact) mass is 364 g/mol. The molecule has 0 saturated carbocycles. The van der Waals surface area contributed by atoms with Crippen LogP contribution in [-0.4, -0.2) is 6.36 Å². The van der Waals surface area contributed by atoms with Crippen molar-refractivity contribution in [2.75, 3.05) is 0 Å². The average molecular weight is 364 g/mol. The van der Waals surface area contributed by atoms with Crippen LogP contribution in [0.15, 0.2) is 42.5 Å². The molecule has 1 aliphatic rings. The highest BCUT2D eigenvalue weighted by atomic mass is 19.4. The van der Waals surface area contributed by atoms with Gasteiger partial charge in [-0.1, -0.05) is 37.6 Å². The topological polar surface area (TPSA) is 9.23 Å². The first-order chi connectivity index (χ1) is 12.4. The fraction of sp³-hybridized carbons (Fsp3) is 0.333.